The van der Waals surface area contributed by atoms with Crippen LogP contribution in [0.2, 0.25) is 0 Å². The molecule has 0 bridgehead atoms. The highest BCUT2D eigenvalue weighted by molar-refractivity contribution is 5.87. The number of nitrogens with zero attached hydrogens (tertiary/aromatic N) is 4. The van der Waals surface area contributed by atoms with Crippen molar-refractivity contribution in [3.63, 3.8) is 0 Å². The third kappa shape index (κ3) is 6.69. The molecule has 8 nitrogen and oxygen atoms in total. The first-order chi connectivity index (χ1) is 21.1. The van der Waals surface area contributed by atoms with Gasteiger partial charge in [-0.15, -0.1) is 0 Å². The molecule has 2 unspecified atom stereocenters. The van der Waals surface area contributed by atoms with Crippen molar-refractivity contribution in [1.82, 2.24) is 14.7 Å². The number of guanidine groups is 1. The van der Waals surface area contributed by atoms with Crippen LogP contribution in [0.25, 0.3) is 0 Å². The summed E-state index contributed by atoms with van der Waals surface area (Å²) in [6.45, 7) is 2.31. The number of halogens is 4. The van der Waals surface area contributed by atoms with Crippen molar-refractivity contribution in [3.05, 3.63) is 82.9 Å². The van der Waals surface area contributed by atoms with E-state index in [9.17, 15) is 18.0 Å². The molecule has 2 aromatic rings. The molecule has 236 valence electrons. The first kappa shape index (κ1) is 31.4. The fourth-order valence-corrected chi connectivity index (χ4v) is 5.99. The smallest absolute Gasteiger partial charge is 0.416 e. The topological polar surface area (TPSA) is 66.8 Å². The standard InChI is InChI=1S/C32H36F4N4O4/c1-42-24-8-5-4-7-23(18-24)38-13-15-39(16-14-38)31-37-30-25(9-6-10-26(30)33)27(19-29(41)44-3)40(31)20-21-17-22(32(34,35)36)11-12-28(21)43-2/h4-6,9-12,17-18,23,27H,7-8,13-16,19-20H2,1-3H3. The van der Waals surface area contributed by atoms with Crippen LogP contribution in [0.1, 0.15) is 42.0 Å². The molecule has 0 N–H and O–H groups in total. The minimum absolute atomic E-state index is 0.0723. The SMILES string of the molecule is COC(=O)CC1c2cccc(F)c2N=C(N2CCN(C3C=C(OC)CC=CC3)CC2)N1Cc1cc(C(F)(F)F)ccc1OC. The molecule has 3 aliphatic rings. The van der Waals surface area contributed by atoms with Crippen LogP contribution in [0.5, 0.6) is 5.75 Å². The summed E-state index contributed by atoms with van der Waals surface area (Å²) in [5.41, 5.74) is -0.0148. The van der Waals surface area contributed by atoms with Crippen LogP contribution in [0.3, 0.4) is 0 Å². The molecule has 0 aromatic heterocycles. The number of allylic oxidation sites excluding steroid dienone is 1. The van der Waals surface area contributed by atoms with E-state index in [1.807, 2.05) is 4.90 Å². The van der Waals surface area contributed by atoms with Crippen LogP contribution in [-0.4, -0.2) is 80.2 Å². The zero-order chi connectivity index (χ0) is 31.4. The van der Waals surface area contributed by atoms with Crippen LogP contribution in [0.15, 0.2) is 65.4 Å². The Morgan fingerprint density at radius 1 is 1.02 bits per heavy atom. The second kappa shape index (κ2) is 13.3. The number of rotatable bonds is 7. The summed E-state index contributed by atoms with van der Waals surface area (Å²) in [7, 11) is 4.31. The minimum atomic E-state index is -4.57. The van der Waals surface area contributed by atoms with E-state index >= 15 is 4.39 Å². The van der Waals surface area contributed by atoms with E-state index in [-0.39, 0.29) is 36.0 Å². The molecule has 2 aliphatic heterocycles. The van der Waals surface area contributed by atoms with E-state index in [1.165, 1.54) is 32.4 Å². The van der Waals surface area contributed by atoms with Gasteiger partial charge in [-0.25, -0.2) is 9.38 Å². The van der Waals surface area contributed by atoms with Gasteiger partial charge in [0.1, 0.15) is 17.3 Å². The lowest BCUT2D eigenvalue weighted by atomic mass is 9.96. The Labute approximate surface area is 254 Å². The Hall–Kier alpha value is -4.06. The summed E-state index contributed by atoms with van der Waals surface area (Å²) in [4.78, 5) is 23.5. The third-order valence-corrected chi connectivity index (χ3v) is 8.33. The number of carbonyl (C=O) groups is 1. The van der Waals surface area contributed by atoms with Gasteiger partial charge in [0, 0.05) is 49.8 Å². The van der Waals surface area contributed by atoms with Crippen molar-refractivity contribution in [1.29, 1.82) is 0 Å². The number of aliphatic imine (C=N–C) groups is 1. The molecule has 2 atom stereocenters. The van der Waals surface area contributed by atoms with Gasteiger partial charge < -0.3 is 24.0 Å². The number of ether oxygens (including phenoxy) is 3. The van der Waals surface area contributed by atoms with E-state index in [1.54, 1.807) is 18.1 Å². The lowest BCUT2D eigenvalue weighted by Crippen LogP contribution is -2.56. The lowest BCUT2D eigenvalue weighted by molar-refractivity contribution is -0.142. The maximum Gasteiger partial charge on any atom is 0.416 e. The Balaban J connectivity index is 1.52. The molecule has 0 amide bonds. The first-order valence-corrected chi connectivity index (χ1v) is 14.5. The van der Waals surface area contributed by atoms with Gasteiger partial charge in [0.05, 0.1) is 51.7 Å². The minimum Gasteiger partial charge on any atom is -0.501 e. The quantitative estimate of drug-likeness (QED) is 0.221. The van der Waals surface area contributed by atoms with E-state index in [0.717, 1.165) is 30.7 Å². The number of benzene rings is 2. The average Bonchev–Trinajstić information content (AvgIpc) is 3.28. The van der Waals surface area contributed by atoms with E-state index < -0.39 is 29.6 Å². The second-order valence-electron chi connectivity index (χ2n) is 10.9. The zero-order valence-corrected chi connectivity index (χ0v) is 24.9. The van der Waals surface area contributed by atoms with E-state index in [0.29, 0.717) is 37.7 Å². The number of carbonyl (C=O) groups excluding carboxylic acids is 1. The van der Waals surface area contributed by atoms with Crippen molar-refractivity contribution < 1.29 is 36.6 Å². The number of fused-ring (bicyclic) bond motifs is 1. The maximum absolute atomic E-state index is 15.2. The normalized spacial score (nSPS) is 20.8. The number of para-hydroxylation sites is 1. The molecule has 0 spiro atoms. The molecule has 5 rings (SSSR count). The van der Waals surface area contributed by atoms with Crippen molar-refractivity contribution in [2.75, 3.05) is 47.5 Å². The van der Waals surface area contributed by atoms with Crippen molar-refractivity contribution in [2.45, 2.75) is 44.1 Å². The highest BCUT2D eigenvalue weighted by Gasteiger charge is 2.38. The summed E-state index contributed by atoms with van der Waals surface area (Å²) in [6, 6.07) is 7.21. The van der Waals surface area contributed by atoms with Crippen LogP contribution >= 0.6 is 0 Å². The summed E-state index contributed by atoms with van der Waals surface area (Å²) in [5.74, 6) is 0.448. The molecule has 1 saturated heterocycles. The number of esters is 1. The third-order valence-electron chi connectivity index (χ3n) is 8.33. The van der Waals surface area contributed by atoms with Crippen LogP contribution in [0, 0.1) is 5.82 Å². The Morgan fingerprint density at radius 3 is 2.48 bits per heavy atom. The van der Waals surface area contributed by atoms with Crippen molar-refractivity contribution in [2.24, 2.45) is 4.99 Å². The number of alkyl halides is 3. The van der Waals surface area contributed by atoms with Gasteiger partial charge in [-0.1, -0.05) is 24.3 Å². The molecular weight excluding hydrogens is 580 g/mol. The molecule has 12 heteroatoms. The Bertz CT molecular complexity index is 1450. The summed E-state index contributed by atoms with van der Waals surface area (Å²) in [5, 5.41) is 0. The van der Waals surface area contributed by atoms with E-state index in [4.69, 9.17) is 19.2 Å². The number of hydrogen-bond acceptors (Lipinski definition) is 8. The largest absolute Gasteiger partial charge is 0.501 e. The van der Waals surface area contributed by atoms with E-state index in [2.05, 4.69) is 23.1 Å². The van der Waals surface area contributed by atoms with Gasteiger partial charge >= 0.3 is 12.1 Å². The fourth-order valence-electron chi connectivity index (χ4n) is 5.99. The number of piperazine rings is 1. The second-order valence-corrected chi connectivity index (χ2v) is 10.9. The molecule has 0 saturated carbocycles. The molecule has 44 heavy (non-hydrogen) atoms. The first-order valence-electron chi connectivity index (χ1n) is 14.5. The number of hydrogen-bond donors (Lipinski definition) is 0. The summed E-state index contributed by atoms with van der Waals surface area (Å²) in [6.07, 6.45) is 3.23. The Morgan fingerprint density at radius 2 is 1.80 bits per heavy atom. The van der Waals surface area contributed by atoms with Gasteiger partial charge in [-0.05, 0) is 36.8 Å². The molecular formula is C32H36F4N4O4. The predicted molar refractivity (Wildman–Crippen MR) is 157 cm³/mol. The zero-order valence-electron chi connectivity index (χ0n) is 24.9. The molecule has 2 heterocycles. The van der Waals surface area contributed by atoms with Crippen LogP contribution in [0.4, 0.5) is 23.2 Å². The van der Waals surface area contributed by atoms with Crippen molar-refractivity contribution in [3.8, 4) is 5.75 Å². The van der Waals surface area contributed by atoms with Gasteiger partial charge in [0.15, 0.2) is 0 Å². The fraction of sp³-hybridized carbons (Fsp3) is 0.438. The molecule has 0 radical (unpaired) electrons. The van der Waals surface area contributed by atoms with Gasteiger partial charge in [0.2, 0.25) is 5.96 Å². The van der Waals surface area contributed by atoms with Gasteiger partial charge in [0.25, 0.3) is 0 Å². The Kier molecular flexibility index (Phi) is 9.48. The summed E-state index contributed by atoms with van der Waals surface area (Å²) < 4.78 is 72.4. The number of methoxy groups -OCH3 is 3. The van der Waals surface area contributed by atoms with Crippen LogP contribution < -0.4 is 4.74 Å². The molecule has 2 aromatic carbocycles. The predicted octanol–water partition coefficient (Wildman–Crippen LogP) is 5.83. The van der Waals surface area contributed by atoms with Crippen LogP contribution in [-0.2, 0) is 27.0 Å². The van der Waals surface area contributed by atoms with Crippen molar-refractivity contribution >= 4 is 17.6 Å². The van der Waals surface area contributed by atoms with Gasteiger partial charge in [-0.3, -0.25) is 9.69 Å². The molecule has 1 fully saturated rings. The highest BCUT2D eigenvalue weighted by atomic mass is 19.4. The monoisotopic (exact) mass is 616 g/mol. The van der Waals surface area contributed by atoms with Gasteiger partial charge in [-0.2, -0.15) is 13.2 Å². The average molecular weight is 617 g/mol. The molecule has 1 aliphatic carbocycles. The summed E-state index contributed by atoms with van der Waals surface area (Å²) >= 11 is 0. The highest BCUT2D eigenvalue weighted by Crippen LogP contribution is 2.42. The lowest BCUT2D eigenvalue weighted by Gasteiger charge is -2.45. The maximum atomic E-state index is 15.2.